The van der Waals surface area contributed by atoms with E-state index in [1.54, 1.807) is 17.0 Å². The first-order valence-corrected chi connectivity index (χ1v) is 11.3. The van der Waals surface area contributed by atoms with E-state index in [1.165, 1.54) is 28.6 Å². The molecule has 0 N–H and O–H groups in total. The second kappa shape index (κ2) is 8.87. The van der Waals surface area contributed by atoms with Gasteiger partial charge in [0.15, 0.2) is 0 Å². The summed E-state index contributed by atoms with van der Waals surface area (Å²) in [6.07, 6.45) is -0.384. The van der Waals surface area contributed by atoms with Crippen molar-refractivity contribution in [3.63, 3.8) is 0 Å². The monoisotopic (exact) mass is 451 g/mol. The van der Waals surface area contributed by atoms with Crippen molar-refractivity contribution >= 4 is 21.4 Å². The maximum atomic E-state index is 13.2. The minimum absolute atomic E-state index is 0.117. The van der Waals surface area contributed by atoms with E-state index in [9.17, 15) is 22.9 Å². The van der Waals surface area contributed by atoms with Crippen LogP contribution >= 0.6 is 0 Å². The Balaban J connectivity index is 1.62. The van der Waals surface area contributed by atoms with Gasteiger partial charge in [0, 0.05) is 32.2 Å². The van der Waals surface area contributed by atoms with Gasteiger partial charge < -0.3 is 14.4 Å². The first kappa shape index (κ1) is 21.6. The highest BCUT2D eigenvalue weighted by Crippen LogP contribution is 2.35. The molecule has 1 unspecified atom stereocenters. The SMILES string of the molecule is O=[N+]([O-])c1cc(S(=O)(=O)N2CCOCC2)ccc1N1CCOC(c2ccc(F)cc2)C1. The van der Waals surface area contributed by atoms with Crippen LogP contribution in [0.15, 0.2) is 47.4 Å². The molecule has 0 amide bonds. The van der Waals surface area contributed by atoms with E-state index >= 15 is 0 Å². The number of anilines is 1. The standard InChI is InChI=1S/C20H22FN3O6S/c21-16-3-1-15(2-4-16)20-14-22(7-12-30-20)18-6-5-17(13-19(18)24(25)26)31(27,28)23-8-10-29-11-9-23/h1-6,13,20H,7-12,14H2. The van der Waals surface area contributed by atoms with Crippen molar-refractivity contribution in [3.05, 3.63) is 64.0 Å². The number of rotatable bonds is 5. The zero-order valence-corrected chi connectivity index (χ0v) is 17.5. The maximum absolute atomic E-state index is 13.2. The largest absolute Gasteiger partial charge is 0.379 e. The summed E-state index contributed by atoms with van der Waals surface area (Å²) in [5.74, 6) is -0.357. The molecule has 2 aliphatic heterocycles. The van der Waals surface area contributed by atoms with Crippen molar-refractivity contribution in [1.29, 1.82) is 0 Å². The molecule has 1 atom stereocenters. The molecule has 2 aliphatic rings. The van der Waals surface area contributed by atoms with E-state index in [0.29, 0.717) is 25.4 Å². The number of nitrogens with zero attached hydrogens (tertiary/aromatic N) is 3. The lowest BCUT2D eigenvalue weighted by molar-refractivity contribution is -0.384. The molecule has 166 valence electrons. The minimum Gasteiger partial charge on any atom is -0.379 e. The molecule has 0 aliphatic carbocycles. The second-order valence-corrected chi connectivity index (χ2v) is 9.22. The Morgan fingerprint density at radius 3 is 2.42 bits per heavy atom. The van der Waals surface area contributed by atoms with Crippen LogP contribution in [-0.2, 0) is 19.5 Å². The van der Waals surface area contributed by atoms with E-state index in [1.807, 2.05) is 0 Å². The number of halogens is 1. The third-order valence-corrected chi connectivity index (χ3v) is 7.29. The van der Waals surface area contributed by atoms with Gasteiger partial charge in [-0.25, -0.2) is 12.8 Å². The summed E-state index contributed by atoms with van der Waals surface area (Å²) in [5, 5.41) is 11.8. The molecule has 9 nitrogen and oxygen atoms in total. The zero-order chi connectivity index (χ0) is 22.0. The number of hydrogen-bond donors (Lipinski definition) is 0. The van der Waals surface area contributed by atoms with Gasteiger partial charge in [-0.15, -0.1) is 0 Å². The normalized spacial score (nSPS) is 20.5. The van der Waals surface area contributed by atoms with Gasteiger partial charge in [-0.1, -0.05) is 12.1 Å². The maximum Gasteiger partial charge on any atom is 0.293 e. The van der Waals surface area contributed by atoms with Gasteiger partial charge in [0.05, 0.1) is 29.6 Å². The van der Waals surface area contributed by atoms with Crippen LogP contribution < -0.4 is 4.90 Å². The fourth-order valence-electron chi connectivity index (χ4n) is 3.76. The van der Waals surface area contributed by atoms with Crippen LogP contribution in [0.3, 0.4) is 0 Å². The number of morpholine rings is 2. The van der Waals surface area contributed by atoms with Crippen molar-refractivity contribution in [1.82, 2.24) is 4.31 Å². The molecule has 2 saturated heterocycles. The highest BCUT2D eigenvalue weighted by molar-refractivity contribution is 7.89. The third kappa shape index (κ3) is 4.54. The topological polar surface area (TPSA) is 102 Å². The van der Waals surface area contributed by atoms with Crippen LogP contribution in [0.5, 0.6) is 0 Å². The van der Waals surface area contributed by atoms with Crippen molar-refractivity contribution in [2.24, 2.45) is 0 Å². The molecule has 0 spiro atoms. The highest BCUT2D eigenvalue weighted by Gasteiger charge is 2.31. The van der Waals surface area contributed by atoms with E-state index in [2.05, 4.69) is 0 Å². The minimum atomic E-state index is -3.85. The van der Waals surface area contributed by atoms with Crippen molar-refractivity contribution < 1.29 is 27.2 Å². The van der Waals surface area contributed by atoms with Crippen LogP contribution in [0.2, 0.25) is 0 Å². The average Bonchev–Trinajstić information content (AvgIpc) is 2.80. The van der Waals surface area contributed by atoms with Crippen LogP contribution in [0, 0.1) is 15.9 Å². The molecule has 2 aromatic rings. The van der Waals surface area contributed by atoms with Gasteiger partial charge in [-0.2, -0.15) is 4.31 Å². The molecular weight excluding hydrogens is 429 g/mol. The number of hydrogen-bond acceptors (Lipinski definition) is 7. The first-order valence-electron chi connectivity index (χ1n) is 9.84. The van der Waals surface area contributed by atoms with Crippen LogP contribution in [0.1, 0.15) is 11.7 Å². The lowest BCUT2D eigenvalue weighted by atomic mass is 10.1. The molecule has 0 aromatic heterocycles. The number of sulfonamides is 1. The van der Waals surface area contributed by atoms with Crippen LogP contribution in [-0.4, -0.2) is 63.6 Å². The Morgan fingerprint density at radius 1 is 1.03 bits per heavy atom. The fourth-order valence-corrected chi connectivity index (χ4v) is 5.19. The Hall–Kier alpha value is -2.60. The van der Waals surface area contributed by atoms with E-state index in [4.69, 9.17) is 9.47 Å². The van der Waals surface area contributed by atoms with Gasteiger partial charge in [-0.05, 0) is 29.8 Å². The second-order valence-electron chi connectivity index (χ2n) is 7.28. The van der Waals surface area contributed by atoms with E-state index < -0.39 is 14.9 Å². The number of ether oxygens (including phenoxy) is 2. The molecular formula is C20H22FN3O6S. The summed E-state index contributed by atoms with van der Waals surface area (Å²) in [6, 6.07) is 9.90. The summed E-state index contributed by atoms with van der Waals surface area (Å²) < 4.78 is 51.2. The Bertz CT molecular complexity index is 1060. The van der Waals surface area contributed by atoms with Crippen molar-refractivity contribution in [3.8, 4) is 0 Å². The summed E-state index contributed by atoms with van der Waals surface area (Å²) >= 11 is 0. The number of nitro groups is 1. The number of nitro benzene ring substituents is 1. The Labute approximate surface area is 179 Å². The van der Waals surface area contributed by atoms with Gasteiger partial charge in [0.25, 0.3) is 5.69 Å². The van der Waals surface area contributed by atoms with E-state index in [-0.39, 0.29) is 48.8 Å². The molecule has 11 heteroatoms. The molecule has 0 radical (unpaired) electrons. The smallest absolute Gasteiger partial charge is 0.293 e. The quantitative estimate of drug-likeness (QED) is 0.508. The van der Waals surface area contributed by atoms with Gasteiger partial charge in [0.2, 0.25) is 10.0 Å². The third-order valence-electron chi connectivity index (χ3n) is 5.40. The lowest BCUT2D eigenvalue weighted by Crippen LogP contribution is -2.40. The predicted octanol–water partition coefficient (Wildman–Crippen LogP) is 2.33. The molecule has 2 aromatic carbocycles. The van der Waals surface area contributed by atoms with Gasteiger partial charge in [0.1, 0.15) is 17.6 Å². The molecule has 0 saturated carbocycles. The predicted molar refractivity (Wildman–Crippen MR) is 110 cm³/mol. The summed E-state index contributed by atoms with van der Waals surface area (Å²) in [4.78, 5) is 12.9. The Kier molecular flexibility index (Phi) is 6.19. The zero-order valence-electron chi connectivity index (χ0n) is 16.6. The summed E-state index contributed by atoms with van der Waals surface area (Å²) in [6.45, 7) is 2.06. The number of benzene rings is 2. The Morgan fingerprint density at radius 2 is 1.74 bits per heavy atom. The fraction of sp³-hybridized carbons (Fsp3) is 0.400. The molecule has 4 rings (SSSR count). The summed E-state index contributed by atoms with van der Waals surface area (Å²) in [5.41, 5.74) is 0.802. The van der Waals surface area contributed by atoms with Gasteiger partial charge in [-0.3, -0.25) is 10.1 Å². The first-order chi connectivity index (χ1) is 14.9. The molecule has 2 fully saturated rings. The van der Waals surface area contributed by atoms with Gasteiger partial charge >= 0.3 is 0 Å². The summed E-state index contributed by atoms with van der Waals surface area (Å²) in [7, 11) is -3.85. The van der Waals surface area contributed by atoms with Crippen LogP contribution in [0.25, 0.3) is 0 Å². The van der Waals surface area contributed by atoms with Crippen molar-refractivity contribution in [2.45, 2.75) is 11.0 Å². The lowest BCUT2D eigenvalue weighted by Gasteiger charge is -2.34. The molecule has 0 bridgehead atoms. The molecule has 2 heterocycles. The molecule has 31 heavy (non-hydrogen) atoms. The van der Waals surface area contributed by atoms with Crippen LogP contribution in [0.4, 0.5) is 15.8 Å². The highest BCUT2D eigenvalue weighted by atomic mass is 32.2. The van der Waals surface area contributed by atoms with E-state index in [0.717, 1.165) is 11.6 Å². The average molecular weight is 451 g/mol. The van der Waals surface area contributed by atoms with Crippen molar-refractivity contribution in [2.75, 3.05) is 50.9 Å².